The number of anilines is 1. The van der Waals surface area contributed by atoms with Crippen LogP contribution in [0.4, 0.5) is 23.2 Å². The van der Waals surface area contributed by atoms with E-state index in [4.69, 9.17) is 5.73 Å². The van der Waals surface area contributed by atoms with Gasteiger partial charge < -0.3 is 5.73 Å². The first kappa shape index (κ1) is 12.3. The predicted molar refractivity (Wildman–Crippen MR) is 59.0 cm³/mol. The average Bonchev–Trinajstić information content (AvgIpc) is 2.27. The van der Waals surface area contributed by atoms with Crippen LogP contribution in [-0.4, -0.2) is 4.98 Å². The van der Waals surface area contributed by atoms with Gasteiger partial charge in [-0.3, -0.25) is 4.98 Å². The van der Waals surface area contributed by atoms with Crippen molar-refractivity contribution in [2.75, 3.05) is 5.73 Å². The van der Waals surface area contributed by atoms with Crippen molar-refractivity contribution in [2.45, 2.75) is 6.18 Å². The first-order chi connectivity index (χ1) is 8.38. The molecule has 1 aromatic carbocycles. The van der Waals surface area contributed by atoms with Crippen molar-refractivity contribution in [1.29, 1.82) is 0 Å². The second kappa shape index (κ2) is 4.29. The summed E-state index contributed by atoms with van der Waals surface area (Å²) < 4.78 is 50.5. The molecule has 1 aromatic heterocycles. The normalized spacial score (nSPS) is 11.6. The van der Waals surface area contributed by atoms with Crippen molar-refractivity contribution < 1.29 is 17.6 Å². The summed E-state index contributed by atoms with van der Waals surface area (Å²) in [5.41, 5.74) is 5.32. The van der Waals surface area contributed by atoms with Crippen LogP contribution in [0.3, 0.4) is 0 Å². The largest absolute Gasteiger partial charge is 0.419 e. The lowest BCUT2D eigenvalue weighted by molar-refractivity contribution is -0.139. The van der Waals surface area contributed by atoms with Crippen LogP contribution in [0.5, 0.6) is 0 Å². The second-order valence-corrected chi connectivity index (χ2v) is 3.70. The number of pyridine rings is 1. The fourth-order valence-corrected chi connectivity index (χ4v) is 1.54. The molecule has 0 aliphatic rings. The van der Waals surface area contributed by atoms with E-state index in [0.29, 0.717) is 22.9 Å². The van der Waals surface area contributed by atoms with E-state index in [1.165, 1.54) is 24.5 Å². The summed E-state index contributed by atoms with van der Waals surface area (Å²) in [6.45, 7) is 0. The predicted octanol–water partition coefficient (Wildman–Crippen LogP) is 3.49. The minimum absolute atomic E-state index is 0.292. The van der Waals surface area contributed by atoms with Crippen LogP contribution in [0, 0.1) is 5.82 Å². The number of hydrogen-bond acceptors (Lipinski definition) is 2. The highest BCUT2D eigenvalue weighted by molar-refractivity contribution is 5.66. The Morgan fingerprint density at radius 2 is 1.72 bits per heavy atom. The fraction of sp³-hybridized carbons (Fsp3) is 0.0833. The van der Waals surface area contributed by atoms with Crippen molar-refractivity contribution in [3.05, 3.63) is 48.0 Å². The monoisotopic (exact) mass is 256 g/mol. The lowest BCUT2D eigenvalue weighted by Crippen LogP contribution is -2.07. The summed E-state index contributed by atoms with van der Waals surface area (Å²) in [5, 5.41) is 0. The molecule has 0 spiro atoms. The van der Waals surface area contributed by atoms with Crippen LogP contribution in [0.1, 0.15) is 5.56 Å². The molecule has 2 N–H and O–H groups in total. The Morgan fingerprint density at radius 1 is 1.00 bits per heavy atom. The van der Waals surface area contributed by atoms with E-state index in [2.05, 4.69) is 4.98 Å². The van der Waals surface area contributed by atoms with Crippen LogP contribution >= 0.6 is 0 Å². The van der Waals surface area contributed by atoms with Gasteiger partial charge >= 0.3 is 6.18 Å². The molecule has 1 heterocycles. The maximum Gasteiger partial charge on any atom is 0.419 e. The van der Waals surface area contributed by atoms with Crippen molar-refractivity contribution in [3.63, 3.8) is 0 Å². The zero-order chi connectivity index (χ0) is 13.3. The van der Waals surface area contributed by atoms with Crippen LogP contribution in [-0.2, 0) is 6.18 Å². The van der Waals surface area contributed by atoms with Crippen molar-refractivity contribution in [2.24, 2.45) is 0 Å². The summed E-state index contributed by atoms with van der Waals surface area (Å²) in [5.74, 6) is -1.32. The smallest absolute Gasteiger partial charge is 0.397 e. The fourth-order valence-electron chi connectivity index (χ4n) is 1.54. The Kier molecular flexibility index (Phi) is 2.94. The highest BCUT2D eigenvalue weighted by atomic mass is 19.4. The van der Waals surface area contributed by atoms with E-state index in [9.17, 15) is 17.6 Å². The van der Waals surface area contributed by atoms with Gasteiger partial charge in [-0.25, -0.2) is 4.39 Å². The molecule has 0 radical (unpaired) electrons. The van der Waals surface area contributed by atoms with Gasteiger partial charge in [0.1, 0.15) is 5.82 Å². The van der Waals surface area contributed by atoms with Crippen LogP contribution in [0.2, 0.25) is 0 Å². The summed E-state index contributed by atoms with van der Waals surface area (Å²) in [4.78, 5) is 3.79. The topological polar surface area (TPSA) is 38.9 Å². The lowest BCUT2D eigenvalue weighted by Gasteiger charge is -2.09. The van der Waals surface area contributed by atoms with Crippen LogP contribution in [0.15, 0.2) is 36.7 Å². The van der Waals surface area contributed by atoms with E-state index >= 15 is 0 Å². The molecule has 6 heteroatoms. The standard InChI is InChI=1S/C12H8F4N2/c13-11-4-7(1-2-10(11)12(14,15)16)8-3-9(17)6-18-5-8/h1-6H,17H2. The quantitative estimate of drug-likeness (QED) is 0.793. The van der Waals surface area contributed by atoms with Gasteiger partial charge in [-0.05, 0) is 23.8 Å². The molecule has 2 aromatic rings. The Balaban J connectivity index is 2.47. The third-order valence-electron chi connectivity index (χ3n) is 2.37. The van der Waals surface area contributed by atoms with Crippen LogP contribution in [0.25, 0.3) is 11.1 Å². The molecule has 0 atom stereocenters. The van der Waals surface area contributed by atoms with E-state index < -0.39 is 17.6 Å². The van der Waals surface area contributed by atoms with Crippen LogP contribution < -0.4 is 5.73 Å². The molecule has 0 saturated heterocycles. The zero-order valence-electron chi connectivity index (χ0n) is 9.00. The Labute approximate surface area is 100 Å². The lowest BCUT2D eigenvalue weighted by atomic mass is 10.0. The van der Waals surface area contributed by atoms with E-state index in [1.54, 1.807) is 0 Å². The molecule has 0 aliphatic heterocycles. The Hall–Kier alpha value is -2.11. The van der Waals surface area contributed by atoms with Crippen molar-refractivity contribution in [1.82, 2.24) is 4.98 Å². The molecule has 2 rings (SSSR count). The van der Waals surface area contributed by atoms with E-state index in [-0.39, 0.29) is 0 Å². The number of nitrogens with two attached hydrogens (primary N) is 1. The number of alkyl halides is 3. The van der Waals surface area contributed by atoms with Crippen molar-refractivity contribution in [3.8, 4) is 11.1 Å². The molecular weight excluding hydrogens is 248 g/mol. The SMILES string of the molecule is Nc1cncc(-c2ccc(C(F)(F)F)c(F)c2)c1. The highest BCUT2D eigenvalue weighted by Crippen LogP contribution is 2.33. The number of rotatable bonds is 1. The van der Waals surface area contributed by atoms with E-state index in [0.717, 1.165) is 6.07 Å². The third-order valence-corrected chi connectivity index (χ3v) is 2.37. The molecular formula is C12H8F4N2. The molecule has 0 bridgehead atoms. The van der Waals surface area contributed by atoms with Gasteiger partial charge in [-0.15, -0.1) is 0 Å². The number of nitrogen functional groups attached to an aromatic ring is 1. The van der Waals surface area contributed by atoms with Gasteiger partial charge in [0.05, 0.1) is 11.3 Å². The molecule has 94 valence electrons. The van der Waals surface area contributed by atoms with Gasteiger partial charge in [0.15, 0.2) is 0 Å². The van der Waals surface area contributed by atoms with Crippen molar-refractivity contribution >= 4 is 5.69 Å². The van der Waals surface area contributed by atoms with Gasteiger partial charge in [-0.2, -0.15) is 13.2 Å². The molecule has 0 fully saturated rings. The molecule has 2 nitrogen and oxygen atoms in total. The molecule has 0 aliphatic carbocycles. The number of hydrogen-bond donors (Lipinski definition) is 1. The second-order valence-electron chi connectivity index (χ2n) is 3.70. The molecule has 0 amide bonds. The molecule has 18 heavy (non-hydrogen) atoms. The van der Waals surface area contributed by atoms with Gasteiger partial charge in [-0.1, -0.05) is 6.07 Å². The average molecular weight is 256 g/mol. The third kappa shape index (κ3) is 2.42. The first-order valence-electron chi connectivity index (χ1n) is 4.95. The summed E-state index contributed by atoms with van der Waals surface area (Å²) in [7, 11) is 0. The molecule has 0 saturated carbocycles. The minimum Gasteiger partial charge on any atom is -0.397 e. The first-order valence-corrected chi connectivity index (χ1v) is 4.95. The number of benzene rings is 1. The highest BCUT2D eigenvalue weighted by Gasteiger charge is 2.33. The summed E-state index contributed by atoms with van der Waals surface area (Å²) in [6.07, 6.45) is -1.90. The maximum absolute atomic E-state index is 13.4. The van der Waals surface area contributed by atoms with Gasteiger partial charge in [0.2, 0.25) is 0 Å². The van der Waals surface area contributed by atoms with Gasteiger partial charge in [0.25, 0.3) is 0 Å². The maximum atomic E-state index is 13.4. The summed E-state index contributed by atoms with van der Waals surface area (Å²) in [6, 6.07) is 4.21. The van der Waals surface area contributed by atoms with E-state index in [1.807, 2.05) is 0 Å². The number of halogens is 4. The summed E-state index contributed by atoms with van der Waals surface area (Å²) >= 11 is 0. The Bertz CT molecular complexity index is 579. The number of aromatic nitrogens is 1. The molecule has 0 unspecified atom stereocenters. The minimum atomic E-state index is -4.70. The van der Waals surface area contributed by atoms with Gasteiger partial charge in [0, 0.05) is 18.0 Å². The Morgan fingerprint density at radius 3 is 2.28 bits per heavy atom. The number of nitrogens with zero attached hydrogens (tertiary/aromatic N) is 1. The zero-order valence-corrected chi connectivity index (χ0v) is 9.00.